The highest BCUT2D eigenvalue weighted by Gasteiger charge is 2.06. The Bertz CT molecular complexity index is 330. The Balaban J connectivity index is 3.37. The first-order chi connectivity index (χ1) is 6.06. The first-order valence-corrected chi connectivity index (χ1v) is 4.33. The minimum atomic E-state index is 0.676. The zero-order chi connectivity index (χ0) is 10.0. The van der Waals surface area contributed by atoms with Crippen molar-refractivity contribution in [1.82, 2.24) is 0 Å². The van der Waals surface area contributed by atoms with Crippen molar-refractivity contribution in [2.75, 3.05) is 0 Å². The second-order valence-corrected chi connectivity index (χ2v) is 3.46. The average molecular weight is 177 g/mol. The van der Waals surface area contributed by atoms with Gasteiger partial charge in [0.1, 0.15) is 0 Å². The predicted octanol–water partition coefficient (Wildman–Crippen LogP) is 2.81. The molecule has 2 nitrogen and oxygen atoms in total. The molecule has 2 heteroatoms. The minimum Gasteiger partial charge on any atom is -0.411 e. The quantitative estimate of drug-likeness (QED) is 0.399. The van der Waals surface area contributed by atoms with Gasteiger partial charge >= 0.3 is 0 Å². The van der Waals surface area contributed by atoms with Gasteiger partial charge in [0.15, 0.2) is 0 Å². The van der Waals surface area contributed by atoms with Crippen molar-refractivity contribution >= 4 is 5.71 Å². The normalized spacial score (nSPS) is 11.8. The molecule has 0 aliphatic heterocycles. The van der Waals surface area contributed by atoms with Crippen molar-refractivity contribution in [3.8, 4) is 0 Å². The van der Waals surface area contributed by atoms with E-state index in [1.165, 1.54) is 5.56 Å². The lowest BCUT2D eigenvalue weighted by atomic mass is 9.97. The van der Waals surface area contributed by atoms with Crippen LogP contribution in [0.1, 0.15) is 29.2 Å². The molecule has 0 heterocycles. The van der Waals surface area contributed by atoms with Crippen LogP contribution in [-0.2, 0) is 0 Å². The third-order valence-electron chi connectivity index (χ3n) is 2.19. The third-order valence-corrected chi connectivity index (χ3v) is 2.19. The van der Waals surface area contributed by atoms with E-state index in [4.69, 9.17) is 5.21 Å². The summed E-state index contributed by atoms with van der Waals surface area (Å²) in [5.74, 6) is 0. The van der Waals surface area contributed by atoms with E-state index < -0.39 is 0 Å². The number of hydrogen-bond acceptors (Lipinski definition) is 2. The number of hydrogen-bond donors (Lipinski definition) is 1. The predicted molar refractivity (Wildman–Crippen MR) is 54.7 cm³/mol. The van der Waals surface area contributed by atoms with Gasteiger partial charge in [0.25, 0.3) is 0 Å². The molecule has 0 fully saturated rings. The maximum atomic E-state index is 8.69. The number of benzene rings is 1. The first kappa shape index (κ1) is 9.78. The maximum Gasteiger partial charge on any atom is 0.0842 e. The van der Waals surface area contributed by atoms with Crippen LogP contribution in [0, 0.1) is 20.8 Å². The summed E-state index contributed by atoms with van der Waals surface area (Å²) >= 11 is 0. The van der Waals surface area contributed by atoms with E-state index in [0.29, 0.717) is 5.71 Å². The molecule has 0 spiro atoms. The highest BCUT2D eigenvalue weighted by atomic mass is 16.4. The fourth-order valence-electron chi connectivity index (χ4n) is 1.80. The van der Waals surface area contributed by atoms with Gasteiger partial charge in [0.2, 0.25) is 0 Å². The van der Waals surface area contributed by atoms with Crippen molar-refractivity contribution in [3.05, 3.63) is 34.4 Å². The zero-order valence-electron chi connectivity index (χ0n) is 8.55. The number of oxime groups is 1. The largest absolute Gasteiger partial charge is 0.411 e. The minimum absolute atomic E-state index is 0.676. The molecule has 0 aliphatic rings. The molecule has 70 valence electrons. The van der Waals surface area contributed by atoms with Crippen LogP contribution < -0.4 is 0 Å². The SMILES string of the molecule is C/C(=N/O)c1c(C)cc(C)cc1C. The van der Waals surface area contributed by atoms with Gasteiger partial charge < -0.3 is 5.21 Å². The van der Waals surface area contributed by atoms with Crippen LogP contribution in [0.2, 0.25) is 0 Å². The summed E-state index contributed by atoms with van der Waals surface area (Å²) in [4.78, 5) is 0. The van der Waals surface area contributed by atoms with Gasteiger partial charge in [-0.2, -0.15) is 0 Å². The molecule has 13 heavy (non-hydrogen) atoms. The molecule has 1 aromatic rings. The molecule has 1 aromatic carbocycles. The molecular weight excluding hydrogens is 162 g/mol. The smallest absolute Gasteiger partial charge is 0.0842 e. The molecule has 0 amide bonds. The van der Waals surface area contributed by atoms with Gasteiger partial charge in [-0.15, -0.1) is 0 Å². The van der Waals surface area contributed by atoms with Crippen molar-refractivity contribution < 1.29 is 5.21 Å². The van der Waals surface area contributed by atoms with E-state index in [-0.39, 0.29) is 0 Å². The monoisotopic (exact) mass is 177 g/mol. The van der Waals surface area contributed by atoms with Gasteiger partial charge in [-0.05, 0) is 38.8 Å². The topological polar surface area (TPSA) is 32.6 Å². The molecule has 0 atom stereocenters. The second-order valence-electron chi connectivity index (χ2n) is 3.46. The molecule has 0 unspecified atom stereocenters. The molecule has 0 bridgehead atoms. The summed E-state index contributed by atoms with van der Waals surface area (Å²) in [5.41, 5.74) is 5.29. The highest BCUT2D eigenvalue weighted by Crippen LogP contribution is 2.16. The molecule has 1 rings (SSSR count). The van der Waals surface area contributed by atoms with E-state index in [9.17, 15) is 0 Å². The summed E-state index contributed by atoms with van der Waals surface area (Å²) < 4.78 is 0. The van der Waals surface area contributed by atoms with Gasteiger partial charge in [0, 0.05) is 5.56 Å². The zero-order valence-corrected chi connectivity index (χ0v) is 8.55. The Morgan fingerprint density at radius 2 is 1.62 bits per heavy atom. The van der Waals surface area contributed by atoms with E-state index in [1.54, 1.807) is 0 Å². The van der Waals surface area contributed by atoms with Crippen LogP contribution in [0.15, 0.2) is 17.3 Å². The van der Waals surface area contributed by atoms with Gasteiger partial charge in [-0.3, -0.25) is 0 Å². The van der Waals surface area contributed by atoms with E-state index in [0.717, 1.165) is 16.7 Å². The van der Waals surface area contributed by atoms with Crippen LogP contribution in [0.4, 0.5) is 0 Å². The van der Waals surface area contributed by atoms with Crippen LogP contribution in [-0.4, -0.2) is 10.9 Å². The molecule has 0 saturated carbocycles. The van der Waals surface area contributed by atoms with E-state index in [2.05, 4.69) is 24.2 Å². The fraction of sp³-hybridized carbons (Fsp3) is 0.364. The first-order valence-electron chi connectivity index (χ1n) is 4.33. The Kier molecular flexibility index (Phi) is 2.71. The van der Waals surface area contributed by atoms with Crippen molar-refractivity contribution in [2.24, 2.45) is 5.16 Å². The second kappa shape index (κ2) is 3.60. The standard InChI is InChI=1S/C11H15NO/c1-7-5-8(2)11(9(3)6-7)10(4)12-13/h5-6,13H,1-4H3/b12-10-. The Morgan fingerprint density at radius 1 is 1.15 bits per heavy atom. The number of nitrogens with zero attached hydrogens (tertiary/aromatic N) is 1. The van der Waals surface area contributed by atoms with Crippen LogP contribution >= 0.6 is 0 Å². The Hall–Kier alpha value is -1.31. The molecule has 0 aromatic heterocycles. The van der Waals surface area contributed by atoms with Gasteiger partial charge in [0.05, 0.1) is 5.71 Å². The molecular formula is C11H15NO. The summed E-state index contributed by atoms with van der Waals surface area (Å²) in [6.45, 7) is 7.94. The lowest BCUT2D eigenvalue weighted by Crippen LogP contribution is -2.01. The van der Waals surface area contributed by atoms with Crippen molar-refractivity contribution in [2.45, 2.75) is 27.7 Å². The summed E-state index contributed by atoms with van der Waals surface area (Å²) in [6, 6.07) is 4.19. The lowest BCUT2D eigenvalue weighted by molar-refractivity contribution is 0.319. The fourth-order valence-corrected chi connectivity index (χ4v) is 1.80. The van der Waals surface area contributed by atoms with E-state index >= 15 is 0 Å². The van der Waals surface area contributed by atoms with Gasteiger partial charge in [-0.25, -0.2) is 0 Å². The summed E-state index contributed by atoms with van der Waals surface area (Å²) in [7, 11) is 0. The average Bonchev–Trinajstić information content (AvgIpc) is 2.02. The molecule has 0 saturated heterocycles. The van der Waals surface area contributed by atoms with Crippen molar-refractivity contribution in [1.29, 1.82) is 0 Å². The Labute approximate surface area is 78.9 Å². The third kappa shape index (κ3) is 1.89. The maximum absolute atomic E-state index is 8.69. The summed E-state index contributed by atoms with van der Waals surface area (Å²) in [6.07, 6.45) is 0. The van der Waals surface area contributed by atoms with Crippen LogP contribution in [0.3, 0.4) is 0 Å². The van der Waals surface area contributed by atoms with Gasteiger partial charge in [-0.1, -0.05) is 22.9 Å². The molecule has 1 N–H and O–H groups in total. The van der Waals surface area contributed by atoms with E-state index in [1.807, 2.05) is 20.8 Å². The molecule has 0 radical (unpaired) electrons. The number of rotatable bonds is 1. The lowest BCUT2D eigenvalue weighted by Gasteiger charge is -2.09. The summed E-state index contributed by atoms with van der Waals surface area (Å²) in [5, 5.41) is 11.9. The van der Waals surface area contributed by atoms with Crippen LogP contribution in [0.25, 0.3) is 0 Å². The Morgan fingerprint density at radius 3 is 2.00 bits per heavy atom. The number of aryl methyl sites for hydroxylation is 3. The van der Waals surface area contributed by atoms with Crippen LogP contribution in [0.5, 0.6) is 0 Å². The van der Waals surface area contributed by atoms with Crippen molar-refractivity contribution in [3.63, 3.8) is 0 Å². The molecule has 0 aliphatic carbocycles. The highest BCUT2D eigenvalue weighted by molar-refractivity contribution is 6.00.